The summed E-state index contributed by atoms with van der Waals surface area (Å²) < 4.78 is 0. The van der Waals surface area contributed by atoms with Crippen molar-refractivity contribution in [1.82, 2.24) is 10.6 Å². The van der Waals surface area contributed by atoms with Crippen molar-refractivity contribution in [3.8, 4) is 0 Å². The summed E-state index contributed by atoms with van der Waals surface area (Å²) in [6.07, 6.45) is 9.70. The van der Waals surface area contributed by atoms with E-state index in [1.54, 1.807) is 0 Å². The van der Waals surface area contributed by atoms with Crippen molar-refractivity contribution in [2.75, 3.05) is 13.1 Å². The molecule has 4 N–H and O–H groups in total. The summed E-state index contributed by atoms with van der Waals surface area (Å²) in [5, 5.41) is 5.75. The van der Waals surface area contributed by atoms with E-state index in [2.05, 4.69) is 10.6 Å². The topological polar surface area (TPSA) is 67.1 Å². The Hall–Kier alpha value is -1.03. The standard InChI is InChI=1S/C11H21N3O/c12-8-4-5-9-13-11(15)14-10-6-2-1-3-7-10/h4-5,10H,1-3,6-9,12H2,(H2,13,14,15)/b5-4+. The lowest BCUT2D eigenvalue weighted by Crippen LogP contribution is -2.42. The molecule has 0 aromatic heterocycles. The molecule has 1 saturated carbocycles. The smallest absolute Gasteiger partial charge is 0.315 e. The first-order chi connectivity index (χ1) is 7.33. The number of rotatable bonds is 4. The van der Waals surface area contributed by atoms with Crippen LogP contribution in [0.4, 0.5) is 4.79 Å². The predicted molar refractivity (Wildman–Crippen MR) is 61.6 cm³/mol. The van der Waals surface area contributed by atoms with Gasteiger partial charge in [0.05, 0.1) is 0 Å². The van der Waals surface area contributed by atoms with Gasteiger partial charge in [-0.1, -0.05) is 31.4 Å². The van der Waals surface area contributed by atoms with Crippen LogP contribution in [0.2, 0.25) is 0 Å². The van der Waals surface area contributed by atoms with Crippen LogP contribution in [-0.2, 0) is 0 Å². The van der Waals surface area contributed by atoms with E-state index in [1.807, 2.05) is 12.2 Å². The SMILES string of the molecule is NC/C=C/CNC(=O)NC1CCCCC1. The van der Waals surface area contributed by atoms with E-state index in [0.717, 1.165) is 12.8 Å². The normalized spacial score (nSPS) is 17.9. The van der Waals surface area contributed by atoms with E-state index in [9.17, 15) is 4.79 Å². The molecule has 4 heteroatoms. The lowest BCUT2D eigenvalue weighted by Gasteiger charge is -2.22. The first kappa shape index (κ1) is 12.0. The molecule has 4 nitrogen and oxygen atoms in total. The van der Waals surface area contributed by atoms with E-state index >= 15 is 0 Å². The number of hydrogen-bond acceptors (Lipinski definition) is 2. The summed E-state index contributed by atoms with van der Waals surface area (Å²) in [5.74, 6) is 0. The third kappa shape index (κ3) is 5.42. The average Bonchev–Trinajstić information content (AvgIpc) is 2.26. The number of hydrogen-bond donors (Lipinski definition) is 3. The molecule has 1 aliphatic rings. The molecule has 1 aliphatic carbocycles. The molecular weight excluding hydrogens is 190 g/mol. The predicted octanol–water partition coefficient (Wildman–Crippen LogP) is 1.13. The first-order valence-electron chi connectivity index (χ1n) is 5.72. The zero-order valence-electron chi connectivity index (χ0n) is 9.17. The number of urea groups is 1. The van der Waals surface area contributed by atoms with E-state index in [4.69, 9.17) is 5.73 Å². The van der Waals surface area contributed by atoms with Crippen LogP contribution >= 0.6 is 0 Å². The molecule has 0 heterocycles. The molecule has 0 radical (unpaired) electrons. The fourth-order valence-corrected chi connectivity index (χ4v) is 1.81. The zero-order valence-corrected chi connectivity index (χ0v) is 9.17. The van der Waals surface area contributed by atoms with Crippen molar-refractivity contribution >= 4 is 6.03 Å². The van der Waals surface area contributed by atoms with Gasteiger partial charge in [-0.2, -0.15) is 0 Å². The van der Waals surface area contributed by atoms with Gasteiger partial charge in [0.15, 0.2) is 0 Å². The molecule has 1 rings (SSSR count). The van der Waals surface area contributed by atoms with Crippen LogP contribution in [0.3, 0.4) is 0 Å². The molecule has 0 atom stereocenters. The van der Waals surface area contributed by atoms with Gasteiger partial charge >= 0.3 is 6.03 Å². The van der Waals surface area contributed by atoms with Gasteiger partial charge < -0.3 is 16.4 Å². The minimum Gasteiger partial charge on any atom is -0.335 e. The number of carbonyl (C=O) groups excluding carboxylic acids is 1. The molecule has 0 saturated heterocycles. The second kappa shape index (κ2) is 7.29. The monoisotopic (exact) mass is 211 g/mol. The molecule has 15 heavy (non-hydrogen) atoms. The molecule has 0 aromatic carbocycles. The van der Waals surface area contributed by atoms with Crippen molar-refractivity contribution in [1.29, 1.82) is 0 Å². The van der Waals surface area contributed by atoms with E-state index in [1.165, 1.54) is 19.3 Å². The molecule has 86 valence electrons. The van der Waals surface area contributed by atoms with E-state index in [-0.39, 0.29) is 6.03 Å². The lowest BCUT2D eigenvalue weighted by atomic mass is 9.96. The highest BCUT2D eigenvalue weighted by atomic mass is 16.2. The number of carbonyl (C=O) groups is 1. The number of amides is 2. The van der Waals surface area contributed by atoms with Crippen LogP contribution < -0.4 is 16.4 Å². The van der Waals surface area contributed by atoms with Crippen molar-refractivity contribution in [3.63, 3.8) is 0 Å². The molecule has 0 spiro atoms. The Morgan fingerprint density at radius 2 is 2.00 bits per heavy atom. The van der Waals surface area contributed by atoms with Crippen molar-refractivity contribution < 1.29 is 4.79 Å². The van der Waals surface area contributed by atoms with Crippen LogP contribution in [-0.4, -0.2) is 25.2 Å². The summed E-state index contributed by atoms with van der Waals surface area (Å²) in [6, 6.07) is 0.306. The number of nitrogens with two attached hydrogens (primary N) is 1. The second-order valence-corrected chi connectivity index (χ2v) is 3.90. The van der Waals surface area contributed by atoms with E-state index in [0.29, 0.717) is 19.1 Å². The Bertz CT molecular complexity index is 210. The van der Waals surface area contributed by atoms with Gasteiger partial charge in [-0.05, 0) is 12.8 Å². The minimum atomic E-state index is -0.0661. The van der Waals surface area contributed by atoms with Crippen LogP contribution in [0, 0.1) is 0 Å². The minimum absolute atomic E-state index is 0.0661. The summed E-state index contributed by atoms with van der Waals surface area (Å²) in [4.78, 5) is 11.4. The Labute approximate surface area is 91.3 Å². The molecule has 1 fully saturated rings. The highest BCUT2D eigenvalue weighted by Crippen LogP contribution is 2.16. The maximum atomic E-state index is 11.4. The first-order valence-corrected chi connectivity index (χ1v) is 5.72. The Kier molecular flexibility index (Phi) is 5.85. The molecule has 0 unspecified atom stereocenters. The molecule has 0 bridgehead atoms. The maximum Gasteiger partial charge on any atom is 0.315 e. The summed E-state index contributed by atoms with van der Waals surface area (Å²) in [6.45, 7) is 1.07. The van der Waals surface area contributed by atoms with Gasteiger partial charge in [0.2, 0.25) is 0 Å². The molecule has 2 amide bonds. The van der Waals surface area contributed by atoms with Gasteiger partial charge in [-0.25, -0.2) is 4.79 Å². The van der Waals surface area contributed by atoms with Gasteiger partial charge in [-0.3, -0.25) is 0 Å². The second-order valence-electron chi connectivity index (χ2n) is 3.90. The van der Waals surface area contributed by atoms with Gasteiger partial charge in [0, 0.05) is 19.1 Å². The highest BCUT2D eigenvalue weighted by molar-refractivity contribution is 5.74. The van der Waals surface area contributed by atoms with Crippen LogP contribution in [0.15, 0.2) is 12.2 Å². The highest BCUT2D eigenvalue weighted by Gasteiger charge is 2.14. The van der Waals surface area contributed by atoms with E-state index < -0.39 is 0 Å². The van der Waals surface area contributed by atoms with Crippen LogP contribution in [0.25, 0.3) is 0 Å². The Morgan fingerprint density at radius 1 is 1.27 bits per heavy atom. The van der Waals surface area contributed by atoms with Gasteiger partial charge in [-0.15, -0.1) is 0 Å². The van der Waals surface area contributed by atoms with Gasteiger partial charge in [0.25, 0.3) is 0 Å². The van der Waals surface area contributed by atoms with Gasteiger partial charge in [0.1, 0.15) is 0 Å². The fourth-order valence-electron chi connectivity index (χ4n) is 1.81. The molecule has 0 aliphatic heterocycles. The largest absolute Gasteiger partial charge is 0.335 e. The molecular formula is C11H21N3O. The van der Waals surface area contributed by atoms with Crippen LogP contribution in [0.5, 0.6) is 0 Å². The van der Waals surface area contributed by atoms with Crippen molar-refractivity contribution in [2.45, 2.75) is 38.1 Å². The maximum absolute atomic E-state index is 11.4. The quantitative estimate of drug-likeness (QED) is 0.610. The van der Waals surface area contributed by atoms with Crippen molar-refractivity contribution in [3.05, 3.63) is 12.2 Å². The third-order valence-electron chi connectivity index (χ3n) is 2.62. The third-order valence-corrected chi connectivity index (χ3v) is 2.62. The summed E-state index contributed by atoms with van der Waals surface area (Å²) >= 11 is 0. The Balaban J connectivity index is 2.09. The molecule has 0 aromatic rings. The Morgan fingerprint density at radius 3 is 2.67 bits per heavy atom. The summed E-state index contributed by atoms with van der Waals surface area (Å²) in [7, 11) is 0. The summed E-state index contributed by atoms with van der Waals surface area (Å²) in [5.41, 5.74) is 5.28. The lowest BCUT2D eigenvalue weighted by molar-refractivity contribution is 0.233. The fraction of sp³-hybridized carbons (Fsp3) is 0.727. The average molecular weight is 211 g/mol. The van der Waals surface area contributed by atoms with Crippen LogP contribution in [0.1, 0.15) is 32.1 Å². The zero-order chi connectivity index (χ0) is 10.9. The number of nitrogens with one attached hydrogen (secondary N) is 2. The van der Waals surface area contributed by atoms with Crippen molar-refractivity contribution in [2.24, 2.45) is 5.73 Å².